The van der Waals surface area contributed by atoms with Crippen LogP contribution in [0.2, 0.25) is 5.02 Å². The molecule has 0 aliphatic carbocycles. The van der Waals surface area contributed by atoms with E-state index in [1.165, 1.54) is 30.0 Å². The van der Waals surface area contributed by atoms with Gasteiger partial charge in [0, 0.05) is 17.1 Å². The second kappa shape index (κ2) is 7.33. The molecular formula is C20H14ClFN4O3S. The predicted octanol–water partition coefficient (Wildman–Crippen LogP) is 4.44. The highest BCUT2D eigenvalue weighted by atomic mass is 35.5. The molecule has 0 atom stereocenters. The summed E-state index contributed by atoms with van der Waals surface area (Å²) in [5.41, 5.74) is 2.94. The van der Waals surface area contributed by atoms with Gasteiger partial charge in [-0.3, -0.25) is 9.20 Å². The molecule has 0 spiro atoms. The van der Waals surface area contributed by atoms with Gasteiger partial charge >= 0.3 is 0 Å². The van der Waals surface area contributed by atoms with Gasteiger partial charge in [0.15, 0.2) is 22.3 Å². The monoisotopic (exact) mass is 444 g/mol. The van der Waals surface area contributed by atoms with Gasteiger partial charge in [-0.1, -0.05) is 23.4 Å². The Balaban J connectivity index is 1.43. The van der Waals surface area contributed by atoms with Crippen LogP contribution in [-0.2, 0) is 4.79 Å². The van der Waals surface area contributed by atoms with E-state index in [1.54, 1.807) is 0 Å². The number of carbonyl (C=O) groups is 1. The molecule has 4 aromatic rings. The first-order chi connectivity index (χ1) is 14.5. The average Bonchev–Trinajstić information content (AvgIpc) is 3.35. The number of aryl methyl sites for hydroxylation is 1. The third-order valence-electron chi connectivity index (χ3n) is 4.66. The zero-order valence-electron chi connectivity index (χ0n) is 15.6. The number of ether oxygens (including phenoxy) is 2. The molecule has 0 saturated heterocycles. The Kier molecular flexibility index (Phi) is 4.63. The summed E-state index contributed by atoms with van der Waals surface area (Å²) in [7, 11) is 0. The van der Waals surface area contributed by atoms with Crippen molar-refractivity contribution in [3.8, 4) is 11.5 Å². The molecule has 0 bridgehead atoms. The number of nitrogens with one attached hydrogen (secondary N) is 1. The second-order valence-corrected chi connectivity index (χ2v) is 8.05. The lowest BCUT2D eigenvalue weighted by Gasteiger charge is -2.09. The van der Waals surface area contributed by atoms with Gasteiger partial charge in [-0.2, -0.15) is 0 Å². The number of thioether (sulfide) groups is 1. The molecule has 30 heavy (non-hydrogen) atoms. The smallest absolute Gasteiger partial charge is 0.234 e. The van der Waals surface area contributed by atoms with E-state index < -0.39 is 5.82 Å². The molecule has 0 radical (unpaired) electrons. The van der Waals surface area contributed by atoms with E-state index in [-0.39, 0.29) is 23.5 Å². The van der Waals surface area contributed by atoms with Crippen molar-refractivity contribution < 1.29 is 18.7 Å². The third-order valence-corrected chi connectivity index (χ3v) is 5.88. The second-order valence-electron chi connectivity index (χ2n) is 6.70. The van der Waals surface area contributed by atoms with Gasteiger partial charge in [-0.15, -0.1) is 10.2 Å². The number of hydrogen-bond acceptors (Lipinski definition) is 6. The predicted molar refractivity (Wildman–Crippen MR) is 112 cm³/mol. The zero-order valence-corrected chi connectivity index (χ0v) is 17.2. The van der Waals surface area contributed by atoms with Crippen LogP contribution in [-0.4, -0.2) is 33.1 Å². The summed E-state index contributed by atoms with van der Waals surface area (Å²) in [5, 5.41) is 12.7. The number of fused-ring (bicyclic) bond motifs is 4. The van der Waals surface area contributed by atoms with Crippen LogP contribution in [0.15, 0.2) is 41.6 Å². The molecule has 1 N–H and O–H groups in total. The minimum Gasteiger partial charge on any atom is -0.454 e. The van der Waals surface area contributed by atoms with E-state index in [1.807, 2.05) is 29.5 Å². The van der Waals surface area contributed by atoms with Crippen molar-refractivity contribution in [2.45, 2.75) is 12.1 Å². The summed E-state index contributed by atoms with van der Waals surface area (Å²) in [6.07, 6.45) is 0. The van der Waals surface area contributed by atoms with Crippen LogP contribution in [0.4, 0.5) is 10.1 Å². The maximum absolute atomic E-state index is 13.3. The highest BCUT2D eigenvalue weighted by Gasteiger charge is 2.19. The van der Waals surface area contributed by atoms with Crippen molar-refractivity contribution in [1.29, 1.82) is 0 Å². The number of carbonyl (C=O) groups excluding carboxylic acids is 1. The van der Waals surface area contributed by atoms with Crippen molar-refractivity contribution >= 4 is 51.5 Å². The van der Waals surface area contributed by atoms with Gasteiger partial charge < -0.3 is 14.8 Å². The van der Waals surface area contributed by atoms with Crippen LogP contribution in [0, 0.1) is 12.7 Å². The molecule has 0 unspecified atom stereocenters. The number of rotatable bonds is 4. The van der Waals surface area contributed by atoms with Crippen LogP contribution in [0.25, 0.3) is 16.6 Å². The molecule has 1 aliphatic heterocycles. The number of anilines is 1. The maximum Gasteiger partial charge on any atom is 0.234 e. The number of hydrogen-bond donors (Lipinski definition) is 1. The number of aromatic nitrogens is 3. The molecule has 3 heterocycles. The van der Waals surface area contributed by atoms with Crippen LogP contribution in [0.5, 0.6) is 11.5 Å². The largest absolute Gasteiger partial charge is 0.454 e. The van der Waals surface area contributed by atoms with Crippen molar-refractivity contribution in [3.63, 3.8) is 0 Å². The van der Waals surface area contributed by atoms with Crippen molar-refractivity contribution in [1.82, 2.24) is 14.6 Å². The maximum atomic E-state index is 13.3. The molecule has 1 aliphatic rings. The summed E-state index contributed by atoms with van der Waals surface area (Å²) < 4.78 is 26.1. The van der Waals surface area contributed by atoms with Gasteiger partial charge in [0.2, 0.25) is 12.7 Å². The summed E-state index contributed by atoms with van der Waals surface area (Å²) in [6.45, 7) is 2.14. The van der Waals surface area contributed by atoms with Gasteiger partial charge in [-0.05, 0) is 42.8 Å². The fraction of sp³-hybridized carbons (Fsp3) is 0.150. The quantitative estimate of drug-likeness (QED) is 0.469. The first-order valence-corrected chi connectivity index (χ1v) is 10.3. The van der Waals surface area contributed by atoms with Crippen molar-refractivity contribution in [2.24, 2.45) is 0 Å². The normalized spacial score (nSPS) is 12.6. The molecule has 1 amide bonds. The van der Waals surface area contributed by atoms with Crippen LogP contribution >= 0.6 is 23.4 Å². The van der Waals surface area contributed by atoms with Crippen molar-refractivity contribution in [3.05, 3.63) is 52.8 Å². The molecule has 152 valence electrons. The van der Waals surface area contributed by atoms with E-state index in [9.17, 15) is 9.18 Å². The van der Waals surface area contributed by atoms with Crippen LogP contribution in [0.1, 0.15) is 5.56 Å². The van der Waals surface area contributed by atoms with E-state index in [0.717, 1.165) is 16.5 Å². The Labute approximate surface area is 179 Å². The number of amides is 1. The molecule has 0 fully saturated rings. The van der Waals surface area contributed by atoms with Crippen LogP contribution < -0.4 is 14.8 Å². The molecule has 2 aromatic heterocycles. The fourth-order valence-corrected chi connectivity index (χ4v) is 4.22. The van der Waals surface area contributed by atoms with Gasteiger partial charge in [0.1, 0.15) is 5.82 Å². The lowest BCUT2D eigenvalue weighted by atomic mass is 10.1. The van der Waals surface area contributed by atoms with Gasteiger partial charge in [0.05, 0.1) is 16.3 Å². The highest BCUT2D eigenvalue weighted by molar-refractivity contribution is 7.99. The molecule has 10 heteroatoms. The third kappa shape index (κ3) is 3.29. The Morgan fingerprint density at radius 1 is 1.23 bits per heavy atom. The van der Waals surface area contributed by atoms with Gasteiger partial charge in [0.25, 0.3) is 0 Å². The van der Waals surface area contributed by atoms with E-state index in [0.29, 0.717) is 28.0 Å². The number of halogens is 2. The zero-order chi connectivity index (χ0) is 20.8. The minimum absolute atomic E-state index is 0.0513. The number of nitrogens with zero attached hydrogens (tertiary/aromatic N) is 3. The fourth-order valence-electron chi connectivity index (χ4n) is 3.29. The highest BCUT2D eigenvalue weighted by Crippen LogP contribution is 2.37. The molecule has 0 saturated carbocycles. The standard InChI is InChI=1S/C20H14ClFN4O3S/c1-10-4-11-5-16-17(29-9-28-16)7-15(11)26-19(10)24-25-20(26)30-8-18(27)23-12-2-3-14(22)13(21)6-12/h2-7H,8-9H2,1H3,(H,23,27). The lowest BCUT2D eigenvalue weighted by molar-refractivity contribution is -0.113. The Bertz CT molecular complexity index is 1330. The number of pyridine rings is 1. The molecule has 7 nitrogen and oxygen atoms in total. The lowest BCUT2D eigenvalue weighted by Crippen LogP contribution is -2.14. The van der Waals surface area contributed by atoms with E-state index >= 15 is 0 Å². The topological polar surface area (TPSA) is 77.8 Å². The molecule has 5 rings (SSSR count). The minimum atomic E-state index is -0.540. The summed E-state index contributed by atoms with van der Waals surface area (Å²) in [6, 6.07) is 9.85. The molecular weight excluding hydrogens is 431 g/mol. The number of benzene rings is 2. The van der Waals surface area contributed by atoms with E-state index in [4.69, 9.17) is 21.1 Å². The van der Waals surface area contributed by atoms with E-state index in [2.05, 4.69) is 15.5 Å². The molecule has 2 aromatic carbocycles. The SMILES string of the molecule is Cc1cc2cc3c(cc2n2c(SCC(=O)Nc4ccc(F)c(Cl)c4)nnc12)OCO3. The summed E-state index contributed by atoms with van der Waals surface area (Å²) >= 11 is 7.01. The van der Waals surface area contributed by atoms with Crippen molar-refractivity contribution in [2.75, 3.05) is 17.9 Å². The average molecular weight is 445 g/mol. The Morgan fingerprint density at radius 2 is 2.03 bits per heavy atom. The van der Waals surface area contributed by atoms with Gasteiger partial charge in [-0.25, -0.2) is 4.39 Å². The first kappa shape index (κ1) is 19.0. The summed E-state index contributed by atoms with van der Waals surface area (Å²) in [5.74, 6) is 0.635. The van der Waals surface area contributed by atoms with Crippen LogP contribution in [0.3, 0.4) is 0 Å². The Morgan fingerprint density at radius 3 is 2.83 bits per heavy atom. The first-order valence-electron chi connectivity index (χ1n) is 8.95. The Hall–Kier alpha value is -3.04. The summed E-state index contributed by atoms with van der Waals surface area (Å²) in [4.78, 5) is 12.4.